The van der Waals surface area contributed by atoms with Gasteiger partial charge in [-0.15, -0.1) is 0 Å². The van der Waals surface area contributed by atoms with Crippen LogP contribution in [0.1, 0.15) is 45.0 Å². The first-order valence-electron chi connectivity index (χ1n) is 9.98. The summed E-state index contributed by atoms with van der Waals surface area (Å²) < 4.78 is 11.2. The zero-order valence-corrected chi connectivity index (χ0v) is 18.0. The number of piperazine rings is 1. The fourth-order valence-corrected chi connectivity index (χ4v) is 3.50. The Balaban J connectivity index is 1.71. The molecule has 1 aliphatic heterocycles. The summed E-state index contributed by atoms with van der Waals surface area (Å²) in [5.41, 5.74) is -0.0408. The van der Waals surface area contributed by atoms with Gasteiger partial charge in [-0.25, -0.2) is 9.78 Å². The molecule has 2 heterocycles. The van der Waals surface area contributed by atoms with E-state index < -0.39 is 5.60 Å². The van der Waals surface area contributed by atoms with Gasteiger partial charge >= 0.3 is 6.09 Å². The van der Waals surface area contributed by atoms with Crippen LogP contribution in [0.4, 0.5) is 4.79 Å². The lowest BCUT2D eigenvalue weighted by atomic mass is 10.1. The predicted octanol–water partition coefficient (Wildman–Crippen LogP) is 3.74. The van der Waals surface area contributed by atoms with Gasteiger partial charge in [0.1, 0.15) is 11.4 Å². The molecule has 1 saturated heterocycles. The van der Waals surface area contributed by atoms with Crippen LogP contribution >= 0.6 is 0 Å². The molecular formula is C22H28N4O4. The zero-order chi connectivity index (χ0) is 21.9. The van der Waals surface area contributed by atoms with E-state index in [9.17, 15) is 9.59 Å². The normalized spacial score (nSPS) is 19.4. The lowest BCUT2D eigenvalue weighted by Gasteiger charge is -2.44. The van der Waals surface area contributed by atoms with Gasteiger partial charge in [0.15, 0.2) is 0 Å². The smallest absolute Gasteiger partial charge is 0.410 e. The van der Waals surface area contributed by atoms with Crippen molar-refractivity contribution in [1.29, 1.82) is 0 Å². The molecule has 2 amide bonds. The lowest BCUT2D eigenvalue weighted by Crippen LogP contribution is -2.60. The van der Waals surface area contributed by atoms with Crippen LogP contribution in [0.25, 0.3) is 0 Å². The molecule has 0 aliphatic carbocycles. The Labute approximate surface area is 176 Å². The van der Waals surface area contributed by atoms with Gasteiger partial charge in [-0.2, -0.15) is 0 Å². The summed E-state index contributed by atoms with van der Waals surface area (Å²) in [5.74, 6) is 0.757. The number of hydrogen-bond acceptors (Lipinski definition) is 6. The van der Waals surface area contributed by atoms with E-state index in [-0.39, 0.29) is 24.1 Å². The molecule has 1 aromatic carbocycles. The monoisotopic (exact) mass is 412 g/mol. The highest BCUT2D eigenvalue weighted by Crippen LogP contribution is 2.24. The number of carbonyl (C=O) groups excluding carboxylic acids is 2. The molecule has 0 saturated carbocycles. The van der Waals surface area contributed by atoms with Crippen LogP contribution in [-0.2, 0) is 4.74 Å². The number of nitrogens with zero attached hydrogens (tertiary/aromatic N) is 4. The number of carbonyl (C=O) groups is 2. The van der Waals surface area contributed by atoms with E-state index in [0.29, 0.717) is 30.3 Å². The third-order valence-electron chi connectivity index (χ3n) is 4.65. The molecule has 30 heavy (non-hydrogen) atoms. The number of benzene rings is 1. The van der Waals surface area contributed by atoms with Crippen LogP contribution in [0.3, 0.4) is 0 Å². The zero-order valence-electron chi connectivity index (χ0n) is 18.0. The van der Waals surface area contributed by atoms with E-state index >= 15 is 0 Å². The largest absolute Gasteiger partial charge is 0.444 e. The Morgan fingerprint density at radius 1 is 1.10 bits per heavy atom. The van der Waals surface area contributed by atoms with Gasteiger partial charge in [0.05, 0.1) is 6.20 Å². The van der Waals surface area contributed by atoms with E-state index in [1.807, 2.05) is 39.5 Å². The molecule has 160 valence electrons. The maximum Gasteiger partial charge on any atom is 0.410 e. The number of rotatable bonds is 3. The van der Waals surface area contributed by atoms with Crippen molar-refractivity contribution in [3.8, 4) is 11.6 Å². The summed E-state index contributed by atoms with van der Waals surface area (Å²) >= 11 is 0. The van der Waals surface area contributed by atoms with Crippen molar-refractivity contribution in [2.45, 2.75) is 52.3 Å². The van der Waals surface area contributed by atoms with Gasteiger partial charge in [-0.3, -0.25) is 9.78 Å². The number of hydrogen-bond donors (Lipinski definition) is 0. The molecule has 8 nitrogen and oxygen atoms in total. The summed E-state index contributed by atoms with van der Waals surface area (Å²) in [6, 6.07) is 6.67. The fraction of sp³-hybridized carbons (Fsp3) is 0.455. The van der Waals surface area contributed by atoms with Gasteiger partial charge in [0.2, 0.25) is 5.88 Å². The minimum absolute atomic E-state index is 0.108. The Kier molecular flexibility index (Phi) is 6.24. The van der Waals surface area contributed by atoms with Crippen LogP contribution < -0.4 is 4.74 Å². The van der Waals surface area contributed by atoms with Crippen molar-refractivity contribution in [2.24, 2.45) is 0 Å². The summed E-state index contributed by atoms with van der Waals surface area (Å²) in [4.78, 5) is 37.2. The second-order valence-corrected chi connectivity index (χ2v) is 8.47. The van der Waals surface area contributed by atoms with Crippen molar-refractivity contribution in [3.05, 3.63) is 48.4 Å². The number of ether oxygens (including phenoxy) is 2. The van der Waals surface area contributed by atoms with Crippen LogP contribution in [0.5, 0.6) is 11.6 Å². The molecule has 1 aliphatic rings. The van der Waals surface area contributed by atoms with Crippen molar-refractivity contribution < 1.29 is 19.1 Å². The standard InChI is InChI=1S/C22H28N4O4/c1-15-13-25(21(28)30-22(3,4)5)14-16(2)26(15)20(27)17-7-6-8-18(11-17)29-19-12-23-9-10-24-19/h6-12,15-16H,13-14H2,1-5H3/t15-,16+. The first-order chi connectivity index (χ1) is 14.1. The highest BCUT2D eigenvalue weighted by atomic mass is 16.6. The predicted molar refractivity (Wildman–Crippen MR) is 111 cm³/mol. The van der Waals surface area contributed by atoms with Gasteiger partial charge < -0.3 is 19.3 Å². The average Bonchev–Trinajstić information content (AvgIpc) is 2.67. The second-order valence-electron chi connectivity index (χ2n) is 8.47. The first kappa shape index (κ1) is 21.5. The van der Waals surface area contributed by atoms with Gasteiger partial charge in [-0.1, -0.05) is 6.07 Å². The summed E-state index contributed by atoms with van der Waals surface area (Å²) in [6.07, 6.45) is 4.26. The molecule has 0 radical (unpaired) electrons. The Morgan fingerprint density at radius 2 is 1.80 bits per heavy atom. The summed E-state index contributed by atoms with van der Waals surface area (Å²) in [6.45, 7) is 10.2. The van der Waals surface area contributed by atoms with Crippen molar-refractivity contribution in [3.63, 3.8) is 0 Å². The Hall–Kier alpha value is -3.16. The molecule has 3 rings (SSSR count). The summed E-state index contributed by atoms with van der Waals surface area (Å²) in [5, 5.41) is 0. The molecule has 0 bridgehead atoms. The minimum atomic E-state index is -0.555. The van der Waals surface area contributed by atoms with E-state index in [4.69, 9.17) is 9.47 Å². The minimum Gasteiger partial charge on any atom is -0.444 e. The van der Waals surface area contributed by atoms with E-state index in [1.165, 1.54) is 12.4 Å². The first-order valence-corrected chi connectivity index (χ1v) is 9.98. The SMILES string of the molecule is C[C@@H]1CN(C(=O)OC(C)(C)C)C[C@H](C)N1C(=O)c1cccc(Oc2cnccn2)c1. The topological polar surface area (TPSA) is 84.9 Å². The number of amides is 2. The van der Waals surface area contributed by atoms with Gasteiger partial charge in [0, 0.05) is 43.1 Å². The Bertz CT molecular complexity index is 886. The maximum absolute atomic E-state index is 13.2. The third-order valence-corrected chi connectivity index (χ3v) is 4.65. The van der Waals surface area contributed by atoms with Crippen LogP contribution in [-0.4, -0.2) is 62.5 Å². The Morgan fingerprint density at radius 3 is 2.40 bits per heavy atom. The van der Waals surface area contributed by atoms with E-state index in [1.54, 1.807) is 35.4 Å². The highest BCUT2D eigenvalue weighted by Gasteiger charge is 2.36. The second kappa shape index (κ2) is 8.69. The molecule has 0 spiro atoms. The molecule has 1 aromatic heterocycles. The molecule has 1 fully saturated rings. The lowest BCUT2D eigenvalue weighted by molar-refractivity contribution is -0.00488. The molecule has 8 heteroatoms. The molecule has 0 N–H and O–H groups in total. The molecular weight excluding hydrogens is 384 g/mol. The number of aromatic nitrogens is 2. The van der Waals surface area contributed by atoms with Crippen molar-refractivity contribution in [1.82, 2.24) is 19.8 Å². The third kappa shape index (κ3) is 5.25. The van der Waals surface area contributed by atoms with Crippen molar-refractivity contribution >= 4 is 12.0 Å². The molecule has 2 atom stereocenters. The molecule has 2 aromatic rings. The van der Waals surface area contributed by atoms with Crippen LogP contribution in [0.2, 0.25) is 0 Å². The van der Waals surface area contributed by atoms with Crippen LogP contribution in [0, 0.1) is 0 Å². The summed E-state index contributed by atoms with van der Waals surface area (Å²) in [7, 11) is 0. The molecule has 0 unspecified atom stereocenters. The highest BCUT2D eigenvalue weighted by molar-refractivity contribution is 5.95. The fourth-order valence-electron chi connectivity index (χ4n) is 3.50. The van der Waals surface area contributed by atoms with E-state index in [2.05, 4.69) is 9.97 Å². The quantitative estimate of drug-likeness (QED) is 0.764. The van der Waals surface area contributed by atoms with Gasteiger partial charge in [0.25, 0.3) is 5.91 Å². The van der Waals surface area contributed by atoms with E-state index in [0.717, 1.165) is 0 Å². The van der Waals surface area contributed by atoms with Crippen LogP contribution in [0.15, 0.2) is 42.9 Å². The van der Waals surface area contributed by atoms with Crippen molar-refractivity contribution in [2.75, 3.05) is 13.1 Å². The average molecular weight is 412 g/mol. The maximum atomic E-state index is 13.2. The van der Waals surface area contributed by atoms with Gasteiger partial charge in [-0.05, 0) is 52.8 Å².